The molecule has 0 radical (unpaired) electrons. The van der Waals surface area contributed by atoms with Crippen molar-refractivity contribution in [3.8, 4) is 0 Å². The first kappa shape index (κ1) is 19.9. The molecule has 5 heteroatoms. The lowest BCUT2D eigenvalue weighted by molar-refractivity contribution is 0.531. The second-order valence-corrected chi connectivity index (χ2v) is 6.37. The summed E-state index contributed by atoms with van der Waals surface area (Å²) in [6.45, 7) is 7.81. The zero-order valence-corrected chi connectivity index (χ0v) is 16.4. The molecule has 0 atom stereocenters. The fourth-order valence-corrected chi connectivity index (χ4v) is 2.52. The number of rotatable bonds is 5. The Morgan fingerprint density at radius 3 is 2.39 bits per heavy atom. The minimum absolute atomic E-state index is 0. The van der Waals surface area contributed by atoms with Crippen molar-refractivity contribution in [2.75, 3.05) is 13.1 Å². The Labute approximate surface area is 155 Å². The summed E-state index contributed by atoms with van der Waals surface area (Å²) in [5.41, 5.74) is 0.959. The van der Waals surface area contributed by atoms with E-state index in [1.54, 1.807) is 0 Å². The van der Waals surface area contributed by atoms with Gasteiger partial charge in [-0.25, -0.2) is 4.39 Å². The highest BCUT2D eigenvalue weighted by atomic mass is 127. The monoisotopic (exact) mass is 431 g/mol. The molecule has 0 saturated carbocycles. The van der Waals surface area contributed by atoms with E-state index < -0.39 is 0 Å². The number of halogens is 2. The maximum Gasteiger partial charge on any atom is 0.191 e. The Morgan fingerprint density at radius 2 is 1.83 bits per heavy atom. The van der Waals surface area contributed by atoms with Crippen LogP contribution in [0.1, 0.15) is 39.2 Å². The first-order valence-electron chi connectivity index (χ1n) is 7.97. The highest BCUT2D eigenvalue weighted by Gasteiger charge is 2.21. The van der Waals surface area contributed by atoms with Gasteiger partial charge in [-0.05, 0) is 37.5 Å². The maximum absolute atomic E-state index is 13.1. The predicted molar refractivity (Wildman–Crippen MR) is 106 cm³/mol. The van der Waals surface area contributed by atoms with Gasteiger partial charge >= 0.3 is 0 Å². The average molecular weight is 431 g/mol. The van der Waals surface area contributed by atoms with Gasteiger partial charge in [0.15, 0.2) is 5.96 Å². The van der Waals surface area contributed by atoms with Crippen molar-refractivity contribution in [2.45, 2.75) is 45.1 Å². The van der Waals surface area contributed by atoms with Crippen LogP contribution in [0.2, 0.25) is 0 Å². The van der Waals surface area contributed by atoms with Crippen LogP contribution < -0.4 is 10.6 Å². The molecule has 0 spiro atoms. The molecule has 128 valence electrons. The summed E-state index contributed by atoms with van der Waals surface area (Å²) >= 11 is 0. The van der Waals surface area contributed by atoms with Crippen LogP contribution in [-0.2, 0) is 5.41 Å². The summed E-state index contributed by atoms with van der Waals surface area (Å²) in [6.07, 6.45) is 6.49. The Balaban J connectivity index is 0.00000264. The van der Waals surface area contributed by atoms with Gasteiger partial charge in [-0.1, -0.05) is 38.1 Å². The van der Waals surface area contributed by atoms with Crippen LogP contribution >= 0.6 is 24.0 Å². The van der Waals surface area contributed by atoms with Gasteiger partial charge in [-0.3, -0.25) is 4.99 Å². The molecular formula is C18H27FIN3. The van der Waals surface area contributed by atoms with Crippen molar-refractivity contribution in [1.82, 2.24) is 10.6 Å². The van der Waals surface area contributed by atoms with E-state index in [9.17, 15) is 4.39 Å². The van der Waals surface area contributed by atoms with Crippen molar-refractivity contribution in [3.05, 3.63) is 47.8 Å². The number of nitrogens with zero attached hydrogens (tertiary/aromatic N) is 1. The molecule has 0 aliphatic heterocycles. The van der Waals surface area contributed by atoms with E-state index in [1.807, 2.05) is 12.1 Å². The number of aliphatic imine (C=N–C) groups is 1. The summed E-state index contributed by atoms with van der Waals surface area (Å²) in [7, 11) is 0. The zero-order chi connectivity index (χ0) is 16.0. The minimum Gasteiger partial charge on any atom is -0.357 e. The molecule has 0 amide bonds. The lowest BCUT2D eigenvalue weighted by Gasteiger charge is -2.24. The number of guanidine groups is 1. The normalized spacial score (nSPS) is 15.4. The van der Waals surface area contributed by atoms with Crippen molar-refractivity contribution in [2.24, 2.45) is 4.99 Å². The molecule has 0 unspecified atom stereocenters. The molecule has 23 heavy (non-hydrogen) atoms. The number of nitrogens with one attached hydrogen (secondary N) is 2. The van der Waals surface area contributed by atoms with Crippen LogP contribution in [0.5, 0.6) is 0 Å². The van der Waals surface area contributed by atoms with Gasteiger partial charge in [-0.2, -0.15) is 0 Å². The first-order valence-corrected chi connectivity index (χ1v) is 7.97. The summed E-state index contributed by atoms with van der Waals surface area (Å²) in [5, 5.41) is 6.76. The van der Waals surface area contributed by atoms with Crippen LogP contribution in [0, 0.1) is 5.82 Å². The van der Waals surface area contributed by atoms with Gasteiger partial charge < -0.3 is 10.6 Å². The van der Waals surface area contributed by atoms with Crippen molar-refractivity contribution >= 4 is 29.9 Å². The smallest absolute Gasteiger partial charge is 0.191 e. The van der Waals surface area contributed by atoms with Gasteiger partial charge in [0.1, 0.15) is 5.82 Å². The van der Waals surface area contributed by atoms with E-state index in [0.717, 1.165) is 30.9 Å². The van der Waals surface area contributed by atoms with E-state index in [0.29, 0.717) is 12.6 Å². The van der Waals surface area contributed by atoms with Crippen LogP contribution in [-0.4, -0.2) is 25.1 Å². The molecule has 0 bridgehead atoms. The molecule has 0 fully saturated rings. The lowest BCUT2D eigenvalue weighted by atomic mass is 9.85. The van der Waals surface area contributed by atoms with Gasteiger partial charge in [0.05, 0.1) is 6.54 Å². The third kappa shape index (κ3) is 6.12. The van der Waals surface area contributed by atoms with E-state index in [1.165, 1.54) is 12.1 Å². The van der Waals surface area contributed by atoms with Crippen molar-refractivity contribution in [3.63, 3.8) is 0 Å². The van der Waals surface area contributed by atoms with E-state index >= 15 is 0 Å². The fourth-order valence-electron chi connectivity index (χ4n) is 2.52. The minimum atomic E-state index is -0.202. The Morgan fingerprint density at radius 1 is 1.22 bits per heavy atom. The third-order valence-corrected chi connectivity index (χ3v) is 3.95. The van der Waals surface area contributed by atoms with E-state index in [-0.39, 0.29) is 35.2 Å². The third-order valence-electron chi connectivity index (χ3n) is 3.95. The average Bonchev–Trinajstić information content (AvgIpc) is 2.98. The van der Waals surface area contributed by atoms with Crippen molar-refractivity contribution in [1.29, 1.82) is 0 Å². The van der Waals surface area contributed by atoms with E-state index in [4.69, 9.17) is 4.99 Å². The SMILES string of the molecule is CCNC(=NCC(C)(C)c1ccc(F)cc1)NC1CC=CC1.I. The van der Waals surface area contributed by atoms with Gasteiger partial charge in [0.25, 0.3) is 0 Å². The molecule has 0 saturated heterocycles. The number of benzene rings is 1. The quantitative estimate of drug-likeness (QED) is 0.320. The number of hydrogen-bond donors (Lipinski definition) is 2. The largest absolute Gasteiger partial charge is 0.357 e. The molecule has 0 aromatic heterocycles. The second-order valence-electron chi connectivity index (χ2n) is 6.37. The molecular weight excluding hydrogens is 404 g/mol. The molecule has 1 aromatic carbocycles. The lowest BCUT2D eigenvalue weighted by Crippen LogP contribution is -2.43. The molecule has 0 heterocycles. The van der Waals surface area contributed by atoms with E-state index in [2.05, 4.69) is 43.6 Å². The summed E-state index contributed by atoms with van der Waals surface area (Å²) in [5.74, 6) is 0.651. The Hall–Kier alpha value is -1.11. The second kappa shape index (κ2) is 9.25. The molecule has 1 aromatic rings. The maximum atomic E-state index is 13.1. The Kier molecular flexibility index (Phi) is 8.02. The van der Waals surface area contributed by atoms with Crippen LogP contribution in [0.25, 0.3) is 0 Å². The highest BCUT2D eigenvalue weighted by molar-refractivity contribution is 14.0. The Bertz CT molecular complexity index is 530. The summed E-state index contributed by atoms with van der Waals surface area (Å²) in [4.78, 5) is 4.72. The summed E-state index contributed by atoms with van der Waals surface area (Å²) in [6, 6.07) is 7.13. The number of hydrogen-bond acceptors (Lipinski definition) is 1. The van der Waals surface area contributed by atoms with Crippen LogP contribution in [0.3, 0.4) is 0 Å². The van der Waals surface area contributed by atoms with Gasteiger partial charge in [0.2, 0.25) is 0 Å². The van der Waals surface area contributed by atoms with Crippen LogP contribution in [0.15, 0.2) is 41.4 Å². The van der Waals surface area contributed by atoms with Gasteiger partial charge in [0, 0.05) is 18.0 Å². The first-order chi connectivity index (χ1) is 10.5. The molecule has 2 rings (SSSR count). The molecule has 3 nitrogen and oxygen atoms in total. The van der Waals surface area contributed by atoms with Crippen LogP contribution in [0.4, 0.5) is 4.39 Å². The van der Waals surface area contributed by atoms with Crippen molar-refractivity contribution < 1.29 is 4.39 Å². The standard InChI is InChI=1S/C18H26FN3.HI/c1-4-20-17(22-16-7-5-6-8-16)21-13-18(2,3)14-9-11-15(19)12-10-14;/h5-6,9-12,16H,4,7-8,13H2,1-3H3,(H2,20,21,22);1H. The topological polar surface area (TPSA) is 36.4 Å². The predicted octanol–water partition coefficient (Wildman–Crippen LogP) is 4.00. The summed E-state index contributed by atoms with van der Waals surface area (Å²) < 4.78 is 13.1. The molecule has 1 aliphatic carbocycles. The van der Waals surface area contributed by atoms with Gasteiger partial charge in [-0.15, -0.1) is 24.0 Å². The zero-order valence-electron chi connectivity index (χ0n) is 14.1. The highest BCUT2D eigenvalue weighted by Crippen LogP contribution is 2.23. The molecule has 1 aliphatic rings. The fraction of sp³-hybridized carbons (Fsp3) is 0.500. The molecule has 2 N–H and O–H groups in total.